The molecule has 3 aromatic rings. The van der Waals surface area contributed by atoms with Crippen molar-refractivity contribution < 1.29 is 19.1 Å². The van der Waals surface area contributed by atoms with Gasteiger partial charge in [-0.25, -0.2) is 0 Å². The molecule has 1 aliphatic heterocycles. The second-order valence-corrected chi connectivity index (χ2v) is 14.7. The summed E-state index contributed by atoms with van der Waals surface area (Å²) in [4.78, 5) is 30.7. The predicted octanol–water partition coefficient (Wildman–Crippen LogP) is 8.78. The third kappa shape index (κ3) is 6.10. The minimum absolute atomic E-state index is 0.127. The van der Waals surface area contributed by atoms with Gasteiger partial charge in [0.05, 0.1) is 7.11 Å². The lowest BCUT2D eigenvalue weighted by Gasteiger charge is -2.49. The fraction of sp³-hybridized carbons (Fsp3) is 0.400. The molecule has 0 bridgehead atoms. The van der Waals surface area contributed by atoms with Gasteiger partial charge < -0.3 is 14.4 Å². The summed E-state index contributed by atoms with van der Waals surface area (Å²) in [5.74, 6) is 1.05. The molecule has 0 saturated carbocycles. The van der Waals surface area contributed by atoms with Crippen molar-refractivity contribution in [3.63, 3.8) is 0 Å². The number of benzene rings is 3. The number of nitrogens with zero attached hydrogens (tertiary/aromatic N) is 1. The number of carbonyl (C=O) groups excluding carboxylic acids is 2. The van der Waals surface area contributed by atoms with Gasteiger partial charge in [-0.15, -0.1) is 0 Å². The molecule has 1 heterocycles. The highest BCUT2D eigenvalue weighted by Crippen LogP contribution is 2.55. The number of allylic oxidation sites excluding steroid dienone is 4. The predicted molar refractivity (Wildman–Crippen MR) is 178 cm³/mol. The van der Waals surface area contributed by atoms with Crippen LogP contribution < -0.4 is 9.47 Å². The summed E-state index contributed by atoms with van der Waals surface area (Å²) < 4.78 is 12.1. The molecule has 0 unspecified atom stereocenters. The van der Waals surface area contributed by atoms with Crippen LogP contribution in [0.5, 0.6) is 11.5 Å². The van der Waals surface area contributed by atoms with E-state index in [2.05, 4.69) is 88.9 Å². The van der Waals surface area contributed by atoms with Crippen LogP contribution in [0.25, 0.3) is 0 Å². The second kappa shape index (κ2) is 11.7. The summed E-state index contributed by atoms with van der Waals surface area (Å²) in [6, 6.07) is 22.6. The van der Waals surface area contributed by atoms with Gasteiger partial charge in [-0.2, -0.15) is 0 Å². The maximum atomic E-state index is 14.2. The number of hydrogen-bond donors (Lipinski definition) is 0. The Labute approximate surface area is 267 Å². The van der Waals surface area contributed by atoms with Crippen molar-refractivity contribution in [2.45, 2.75) is 86.3 Å². The lowest BCUT2D eigenvalue weighted by molar-refractivity contribution is -0.119. The number of ether oxygens (including phenoxy) is 2. The first-order valence-electron chi connectivity index (χ1n) is 16.1. The van der Waals surface area contributed by atoms with Crippen molar-refractivity contribution in [2.75, 3.05) is 7.11 Å². The molecule has 5 heteroatoms. The van der Waals surface area contributed by atoms with Gasteiger partial charge in [0.1, 0.15) is 6.61 Å². The molecule has 0 spiro atoms. The van der Waals surface area contributed by atoms with E-state index in [1.54, 1.807) is 7.11 Å². The molecule has 0 fully saturated rings. The summed E-state index contributed by atoms with van der Waals surface area (Å²) in [6.07, 6.45) is 2.46. The molecule has 5 nitrogen and oxygen atoms in total. The van der Waals surface area contributed by atoms with Gasteiger partial charge >= 0.3 is 0 Å². The molecule has 0 amide bonds. The van der Waals surface area contributed by atoms with Crippen molar-refractivity contribution in [2.24, 2.45) is 10.8 Å². The molecule has 45 heavy (non-hydrogen) atoms. The third-order valence-electron chi connectivity index (χ3n) is 9.69. The van der Waals surface area contributed by atoms with E-state index in [0.29, 0.717) is 37.5 Å². The molecule has 0 saturated heterocycles. The van der Waals surface area contributed by atoms with Gasteiger partial charge in [-0.3, -0.25) is 9.59 Å². The van der Waals surface area contributed by atoms with E-state index in [1.165, 1.54) is 11.1 Å². The lowest BCUT2D eigenvalue weighted by Crippen LogP contribution is -2.44. The summed E-state index contributed by atoms with van der Waals surface area (Å²) >= 11 is 0. The van der Waals surface area contributed by atoms with Gasteiger partial charge in [-0.1, -0.05) is 82.3 Å². The van der Waals surface area contributed by atoms with Crippen LogP contribution in [0.4, 0.5) is 0 Å². The van der Waals surface area contributed by atoms with Crippen LogP contribution in [0.1, 0.15) is 87.1 Å². The Bertz CT molecular complexity index is 1670. The zero-order chi connectivity index (χ0) is 32.1. The van der Waals surface area contributed by atoms with E-state index < -0.39 is 5.92 Å². The van der Waals surface area contributed by atoms with E-state index >= 15 is 0 Å². The van der Waals surface area contributed by atoms with Gasteiger partial charge in [-0.05, 0) is 77.5 Å². The van der Waals surface area contributed by atoms with E-state index in [-0.39, 0.29) is 22.4 Å². The molecule has 0 radical (unpaired) electrons. The number of hydrogen-bond acceptors (Lipinski definition) is 5. The van der Waals surface area contributed by atoms with Gasteiger partial charge in [0, 0.05) is 47.8 Å². The molecule has 0 atom stereocenters. The van der Waals surface area contributed by atoms with Crippen LogP contribution in [0, 0.1) is 24.7 Å². The van der Waals surface area contributed by atoms with Crippen molar-refractivity contribution in [1.29, 1.82) is 0 Å². The van der Waals surface area contributed by atoms with Gasteiger partial charge in [0.2, 0.25) is 0 Å². The Kier molecular flexibility index (Phi) is 8.01. The Balaban J connectivity index is 1.46. The largest absolute Gasteiger partial charge is 0.493 e. The molecule has 2 aliphatic carbocycles. The van der Waals surface area contributed by atoms with E-state index in [4.69, 9.17) is 9.47 Å². The normalized spacial score (nSPS) is 19.4. The smallest absolute Gasteiger partial charge is 0.162 e. The second-order valence-electron chi connectivity index (χ2n) is 14.7. The van der Waals surface area contributed by atoms with Crippen LogP contribution in [0.15, 0.2) is 89.3 Å². The Morgan fingerprint density at radius 2 is 1.33 bits per heavy atom. The fourth-order valence-corrected chi connectivity index (χ4v) is 7.38. The molecule has 234 valence electrons. The van der Waals surface area contributed by atoms with E-state index in [1.807, 2.05) is 24.3 Å². The number of aryl methyl sites for hydroxylation is 2. The number of methoxy groups -OCH3 is 1. The fourth-order valence-electron chi connectivity index (χ4n) is 7.38. The molecule has 6 rings (SSSR count). The number of carbonyl (C=O) groups is 2. The van der Waals surface area contributed by atoms with E-state index in [0.717, 1.165) is 52.1 Å². The molecule has 3 aromatic carbocycles. The summed E-state index contributed by atoms with van der Waals surface area (Å²) in [5, 5.41) is 0. The maximum absolute atomic E-state index is 14.2. The van der Waals surface area contributed by atoms with Gasteiger partial charge in [0.15, 0.2) is 23.1 Å². The zero-order valence-corrected chi connectivity index (χ0v) is 27.8. The third-order valence-corrected chi connectivity index (χ3v) is 9.69. The first-order chi connectivity index (χ1) is 21.4. The maximum Gasteiger partial charge on any atom is 0.162 e. The average molecular weight is 604 g/mol. The molecular weight excluding hydrogens is 558 g/mol. The minimum Gasteiger partial charge on any atom is -0.493 e. The lowest BCUT2D eigenvalue weighted by atomic mass is 9.63. The van der Waals surface area contributed by atoms with Crippen LogP contribution in [0.3, 0.4) is 0 Å². The Hall–Kier alpha value is -4.12. The Morgan fingerprint density at radius 3 is 1.91 bits per heavy atom. The van der Waals surface area contributed by atoms with Crippen molar-refractivity contribution in [3.8, 4) is 11.5 Å². The Morgan fingerprint density at radius 1 is 0.711 bits per heavy atom. The molecule has 0 aromatic heterocycles. The van der Waals surface area contributed by atoms with Crippen LogP contribution in [-0.4, -0.2) is 23.6 Å². The first kappa shape index (κ1) is 30.9. The number of ketones is 2. The van der Waals surface area contributed by atoms with Crippen molar-refractivity contribution in [3.05, 3.63) is 117 Å². The standard InChI is InChI=1S/C40H45NO4/c1-25-13-14-28(17-26(25)2)24-45-34-16-15-29(18-35(34)44-7)36-37-30(19-39(3,4)21-32(37)42)41(23-27-11-9-8-10-12-27)31-20-40(5,6)22-33(43)38(31)36/h8-18,36H,19-24H2,1-7H3. The topological polar surface area (TPSA) is 55.8 Å². The highest BCUT2D eigenvalue weighted by atomic mass is 16.5. The summed E-state index contributed by atoms with van der Waals surface area (Å²) in [6.45, 7) is 14.0. The molecule has 3 aliphatic rings. The van der Waals surface area contributed by atoms with Crippen LogP contribution in [-0.2, 0) is 22.7 Å². The summed E-state index contributed by atoms with van der Waals surface area (Å²) in [5.41, 5.74) is 8.92. The van der Waals surface area contributed by atoms with Crippen molar-refractivity contribution in [1.82, 2.24) is 4.90 Å². The van der Waals surface area contributed by atoms with Crippen molar-refractivity contribution >= 4 is 11.6 Å². The number of Topliss-reactive ketones (excluding diaryl/α,β-unsaturated/α-hetero) is 2. The summed E-state index contributed by atoms with van der Waals surface area (Å²) in [7, 11) is 1.64. The highest BCUT2D eigenvalue weighted by Gasteiger charge is 2.49. The van der Waals surface area contributed by atoms with Crippen LogP contribution in [0.2, 0.25) is 0 Å². The average Bonchev–Trinajstić information content (AvgIpc) is 2.97. The highest BCUT2D eigenvalue weighted by molar-refractivity contribution is 6.06. The number of rotatable bonds is 7. The molecule has 0 N–H and O–H groups in total. The minimum atomic E-state index is -0.433. The molecular formula is C40H45NO4. The SMILES string of the molecule is COc1cc(C2C3=C(CC(C)(C)CC3=O)N(Cc3ccccc3)C3=C2C(=O)CC(C)(C)C3)ccc1OCc1ccc(C)c(C)c1. The van der Waals surface area contributed by atoms with Gasteiger partial charge in [0.25, 0.3) is 0 Å². The van der Waals surface area contributed by atoms with E-state index in [9.17, 15) is 9.59 Å². The van der Waals surface area contributed by atoms with Crippen LogP contribution >= 0.6 is 0 Å². The zero-order valence-electron chi connectivity index (χ0n) is 27.8. The quantitative estimate of drug-likeness (QED) is 0.270. The monoisotopic (exact) mass is 603 g/mol. The first-order valence-corrected chi connectivity index (χ1v) is 16.1.